The molecule has 5 N–H and O–H groups in total. The van der Waals surface area contributed by atoms with Crippen molar-refractivity contribution in [2.45, 2.75) is 37.7 Å². The van der Waals surface area contributed by atoms with Gasteiger partial charge in [0.15, 0.2) is 0 Å². The summed E-state index contributed by atoms with van der Waals surface area (Å²) in [4.78, 5) is 10.8. The van der Waals surface area contributed by atoms with Crippen molar-refractivity contribution in [2.24, 2.45) is 5.92 Å². The van der Waals surface area contributed by atoms with Crippen molar-refractivity contribution in [3.05, 3.63) is 0 Å². The highest BCUT2D eigenvalue weighted by Gasteiger charge is 2.42. The molecule has 88 valence electrons. The average molecular weight is 219 g/mol. The Bertz CT molecular complexity index is 235. The summed E-state index contributed by atoms with van der Waals surface area (Å²) in [5.41, 5.74) is 0. The summed E-state index contributed by atoms with van der Waals surface area (Å²) in [7, 11) is 0. The molecule has 1 aliphatic rings. The van der Waals surface area contributed by atoms with E-state index < -0.39 is 30.3 Å². The van der Waals surface area contributed by atoms with E-state index >= 15 is 0 Å². The minimum absolute atomic E-state index is 0.152. The molecule has 0 bridgehead atoms. The van der Waals surface area contributed by atoms with Crippen LogP contribution >= 0.6 is 0 Å². The van der Waals surface area contributed by atoms with Gasteiger partial charge in [-0.1, -0.05) is 0 Å². The van der Waals surface area contributed by atoms with Gasteiger partial charge in [0.25, 0.3) is 0 Å². The molecule has 1 amide bonds. The number of hydrogen-bond acceptors (Lipinski definition) is 5. The summed E-state index contributed by atoms with van der Waals surface area (Å²) < 4.78 is 0. The van der Waals surface area contributed by atoms with Crippen molar-refractivity contribution < 1.29 is 25.2 Å². The first-order valence-corrected chi connectivity index (χ1v) is 4.89. The van der Waals surface area contributed by atoms with Crippen LogP contribution in [0.3, 0.4) is 0 Å². The molecule has 1 rings (SSSR count). The molecular formula is C9H17NO5. The molecule has 1 saturated carbocycles. The Morgan fingerprint density at radius 2 is 1.93 bits per heavy atom. The standard InChI is InChI=1S/C9H17NO5/c1-4(12)10-7-6(13)2-5(3-11)8(14)9(7)15/h5-9,11,13-15H,2-3H2,1H3,(H,10,12)/t5-,6+,7+,8+,9-/m0/s1. The Hall–Kier alpha value is -0.690. The van der Waals surface area contributed by atoms with Crippen LogP contribution in [0.4, 0.5) is 0 Å². The minimum Gasteiger partial charge on any atom is -0.396 e. The molecule has 0 heterocycles. The predicted molar refractivity (Wildman–Crippen MR) is 50.8 cm³/mol. The van der Waals surface area contributed by atoms with Gasteiger partial charge in [-0.05, 0) is 6.42 Å². The van der Waals surface area contributed by atoms with Gasteiger partial charge in [0, 0.05) is 19.4 Å². The average Bonchev–Trinajstić information content (AvgIpc) is 2.18. The van der Waals surface area contributed by atoms with Crippen LogP contribution < -0.4 is 5.32 Å². The number of rotatable bonds is 2. The normalized spacial score (nSPS) is 41.3. The van der Waals surface area contributed by atoms with Gasteiger partial charge >= 0.3 is 0 Å². The van der Waals surface area contributed by atoms with Crippen LogP contribution in [0.2, 0.25) is 0 Å². The van der Waals surface area contributed by atoms with E-state index in [1.807, 2.05) is 0 Å². The number of carbonyl (C=O) groups excluding carboxylic acids is 1. The third kappa shape index (κ3) is 2.66. The van der Waals surface area contributed by atoms with Crippen molar-refractivity contribution in [1.82, 2.24) is 5.32 Å². The summed E-state index contributed by atoms with van der Waals surface area (Å²) in [6.45, 7) is 0.964. The van der Waals surface area contributed by atoms with Crippen LogP contribution in [0.15, 0.2) is 0 Å². The lowest BCUT2D eigenvalue weighted by Crippen LogP contribution is -2.60. The maximum Gasteiger partial charge on any atom is 0.217 e. The van der Waals surface area contributed by atoms with Crippen LogP contribution in [0.1, 0.15) is 13.3 Å². The summed E-state index contributed by atoms with van der Waals surface area (Å²) in [5.74, 6) is -0.937. The van der Waals surface area contributed by atoms with Gasteiger partial charge in [0.05, 0.1) is 18.2 Å². The van der Waals surface area contributed by atoms with Crippen LogP contribution in [-0.2, 0) is 4.79 Å². The molecule has 6 heteroatoms. The lowest BCUT2D eigenvalue weighted by atomic mass is 9.80. The summed E-state index contributed by atoms with van der Waals surface area (Å²) in [5, 5.41) is 40.1. The first-order chi connectivity index (χ1) is 6.97. The molecule has 0 aromatic rings. The van der Waals surface area contributed by atoms with Crippen LogP contribution in [-0.4, -0.2) is 57.3 Å². The molecule has 1 aliphatic carbocycles. The van der Waals surface area contributed by atoms with E-state index in [0.29, 0.717) is 0 Å². The number of aliphatic hydroxyl groups is 4. The van der Waals surface area contributed by atoms with Crippen LogP contribution in [0, 0.1) is 5.92 Å². The molecular weight excluding hydrogens is 202 g/mol. The summed E-state index contributed by atoms with van der Waals surface area (Å²) in [6.07, 6.45) is -3.19. The second-order valence-electron chi connectivity index (χ2n) is 3.95. The Morgan fingerprint density at radius 1 is 1.33 bits per heavy atom. The molecule has 0 aromatic heterocycles. The van der Waals surface area contributed by atoms with E-state index in [-0.39, 0.29) is 18.9 Å². The predicted octanol–water partition coefficient (Wildman–Crippen LogP) is -2.41. The third-order valence-corrected chi connectivity index (χ3v) is 2.76. The lowest BCUT2D eigenvalue weighted by Gasteiger charge is -2.40. The van der Waals surface area contributed by atoms with Gasteiger partial charge in [-0.2, -0.15) is 0 Å². The summed E-state index contributed by atoms with van der Waals surface area (Å²) in [6, 6.07) is -0.875. The van der Waals surface area contributed by atoms with E-state index in [1.54, 1.807) is 0 Å². The smallest absolute Gasteiger partial charge is 0.217 e. The second kappa shape index (κ2) is 4.89. The molecule has 6 nitrogen and oxygen atoms in total. The largest absolute Gasteiger partial charge is 0.396 e. The first-order valence-electron chi connectivity index (χ1n) is 4.89. The van der Waals surface area contributed by atoms with Crippen LogP contribution in [0.25, 0.3) is 0 Å². The minimum atomic E-state index is -1.25. The Balaban J connectivity index is 2.70. The Kier molecular flexibility index (Phi) is 4.04. The molecule has 0 saturated heterocycles. The van der Waals surface area contributed by atoms with Gasteiger partial charge in [-0.15, -0.1) is 0 Å². The van der Waals surface area contributed by atoms with Crippen LogP contribution in [0.5, 0.6) is 0 Å². The molecule has 1 fully saturated rings. The Labute approximate surface area is 87.5 Å². The zero-order chi connectivity index (χ0) is 11.6. The van der Waals surface area contributed by atoms with E-state index in [9.17, 15) is 20.1 Å². The number of hydrogen-bond donors (Lipinski definition) is 5. The van der Waals surface area contributed by atoms with Crippen molar-refractivity contribution >= 4 is 5.91 Å². The molecule has 0 radical (unpaired) electrons. The van der Waals surface area contributed by atoms with Gasteiger partial charge in [0.2, 0.25) is 5.91 Å². The van der Waals surface area contributed by atoms with Crippen molar-refractivity contribution in [1.29, 1.82) is 0 Å². The maximum absolute atomic E-state index is 10.8. The number of aliphatic hydroxyl groups excluding tert-OH is 4. The molecule has 0 spiro atoms. The van der Waals surface area contributed by atoms with E-state index in [1.165, 1.54) is 6.92 Å². The fourth-order valence-electron chi connectivity index (χ4n) is 1.91. The zero-order valence-electron chi connectivity index (χ0n) is 8.50. The first kappa shape index (κ1) is 12.4. The summed E-state index contributed by atoms with van der Waals surface area (Å²) >= 11 is 0. The SMILES string of the molecule is CC(=O)N[C@H]1[C@H](O)[C@H](O)[C@H](CO)C[C@H]1O. The molecule has 0 aromatic carbocycles. The third-order valence-electron chi connectivity index (χ3n) is 2.76. The fraction of sp³-hybridized carbons (Fsp3) is 0.889. The number of carbonyl (C=O) groups is 1. The fourth-order valence-corrected chi connectivity index (χ4v) is 1.91. The molecule has 0 aliphatic heterocycles. The highest BCUT2D eigenvalue weighted by Crippen LogP contribution is 2.25. The zero-order valence-corrected chi connectivity index (χ0v) is 8.50. The maximum atomic E-state index is 10.8. The number of amides is 1. The molecule has 0 unspecified atom stereocenters. The monoisotopic (exact) mass is 219 g/mol. The molecule has 15 heavy (non-hydrogen) atoms. The quantitative estimate of drug-likeness (QED) is 0.355. The topological polar surface area (TPSA) is 110 Å². The lowest BCUT2D eigenvalue weighted by molar-refractivity contribution is -0.133. The van der Waals surface area contributed by atoms with Gasteiger partial charge < -0.3 is 25.7 Å². The highest BCUT2D eigenvalue weighted by atomic mass is 16.3. The van der Waals surface area contributed by atoms with E-state index in [0.717, 1.165) is 0 Å². The Morgan fingerprint density at radius 3 is 2.40 bits per heavy atom. The molecule has 5 atom stereocenters. The van der Waals surface area contributed by atoms with Crippen molar-refractivity contribution in [3.63, 3.8) is 0 Å². The number of nitrogens with one attached hydrogen (secondary N) is 1. The van der Waals surface area contributed by atoms with E-state index in [4.69, 9.17) is 5.11 Å². The van der Waals surface area contributed by atoms with Gasteiger partial charge in [0.1, 0.15) is 6.10 Å². The van der Waals surface area contributed by atoms with E-state index in [2.05, 4.69) is 5.32 Å². The van der Waals surface area contributed by atoms with Crippen molar-refractivity contribution in [2.75, 3.05) is 6.61 Å². The second-order valence-corrected chi connectivity index (χ2v) is 3.95. The van der Waals surface area contributed by atoms with Crippen molar-refractivity contribution in [3.8, 4) is 0 Å². The van der Waals surface area contributed by atoms with Gasteiger partial charge in [-0.3, -0.25) is 4.79 Å². The highest BCUT2D eigenvalue weighted by molar-refractivity contribution is 5.73. The van der Waals surface area contributed by atoms with Gasteiger partial charge in [-0.25, -0.2) is 0 Å².